The lowest BCUT2D eigenvalue weighted by atomic mass is 10.2. The van der Waals surface area contributed by atoms with E-state index in [0.717, 1.165) is 57.5 Å². The van der Waals surface area contributed by atoms with E-state index in [0.29, 0.717) is 13.2 Å². The number of rotatable bonds is 12. The number of aliphatic hydroxyl groups is 1. The van der Waals surface area contributed by atoms with Gasteiger partial charge >= 0.3 is 0 Å². The number of hydrogen-bond acceptors (Lipinski definition) is 5. The molecule has 1 saturated carbocycles. The van der Waals surface area contributed by atoms with Gasteiger partial charge in [-0.15, -0.1) is 0 Å². The fourth-order valence-electron chi connectivity index (χ4n) is 4.04. The van der Waals surface area contributed by atoms with E-state index in [1.807, 2.05) is 6.07 Å². The van der Waals surface area contributed by atoms with Crippen LogP contribution in [0.4, 0.5) is 0 Å². The smallest absolute Gasteiger partial charge is 0.119 e. The Morgan fingerprint density at radius 2 is 1.89 bits per heavy atom. The van der Waals surface area contributed by atoms with Crippen LogP contribution < -0.4 is 4.74 Å². The standard InChI is InChI=1S/C23H39N3O2/c1-3-10-26(16-20-8-9-20)17-21-6-5-7-23(15-21)28-19-22(27)18-25-13-11-24(4-2)12-14-25/h5-7,15,20,22,27H,3-4,8-14,16-19H2,1-2H3/t22-/m0/s1. The van der Waals surface area contributed by atoms with Crippen LogP contribution in [0.2, 0.25) is 0 Å². The molecule has 1 aliphatic heterocycles. The van der Waals surface area contributed by atoms with E-state index in [2.05, 4.69) is 46.7 Å². The summed E-state index contributed by atoms with van der Waals surface area (Å²) in [6, 6.07) is 8.40. The fraction of sp³-hybridized carbons (Fsp3) is 0.739. The number of aliphatic hydroxyl groups excluding tert-OH is 1. The average Bonchev–Trinajstić information content (AvgIpc) is 3.51. The van der Waals surface area contributed by atoms with Crippen molar-refractivity contribution in [2.45, 2.75) is 45.8 Å². The van der Waals surface area contributed by atoms with Crippen LogP contribution in [0.3, 0.4) is 0 Å². The number of hydrogen-bond donors (Lipinski definition) is 1. The van der Waals surface area contributed by atoms with Crippen molar-refractivity contribution in [2.24, 2.45) is 5.92 Å². The Bertz CT molecular complexity index is 571. The summed E-state index contributed by atoms with van der Waals surface area (Å²) in [5, 5.41) is 10.4. The van der Waals surface area contributed by atoms with Gasteiger partial charge in [0.25, 0.3) is 0 Å². The summed E-state index contributed by atoms with van der Waals surface area (Å²) in [5.74, 6) is 1.79. The molecule has 2 fully saturated rings. The zero-order chi connectivity index (χ0) is 19.8. The summed E-state index contributed by atoms with van der Waals surface area (Å²) < 4.78 is 5.92. The Hall–Kier alpha value is -1.14. The van der Waals surface area contributed by atoms with Crippen LogP contribution >= 0.6 is 0 Å². The van der Waals surface area contributed by atoms with Gasteiger partial charge in [0.1, 0.15) is 18.5 Å². The lowest BCUT2D eigenvalue weighted by Gasteiger charge is -2.34. The molecule has 0 unspecified atom stereocenters. The fourth-order valence-corrected chi connectivity index (χ4v) is 4.04. The Labute approximate surface area is 171 Å². The molecule has 5 nitrogen and oxygen atoms in total. The van der Waals surface area contributed by atoms with Gasteiger partial charge in [-0.1, -0.05) is 26.0 Å². The van der Waals surface area contributed by atoms with E-state index in [9.17, 15) is 5.11 Å². The monoisotopic (exact) mass is 389 g/mol. The van der Waals surface area contributed by atoms with Crippen molar-refractivity contribution >= 4 is 0 Å². The van der Waals surface area contributed by atoms with Crippen molar-refractivity contribution in [1.82, 2.24) is 14.7 Å². The molecule has 5 heteroatoms. The third-order valence-corrected chi connectivity index (χ3v) is 5.88. The molecule has 0 amide bonds. The van der Waals surface area contributed by atoms with Crippen molar-refractivity contribution in [3.8, 4) is 5.75 Å². The number of β-amino-alcohol motifs (C(OH)–C–C–N with tert-alkyl or cyclic N) is 1. The summed E-state index contributed by atoms with van der Waals surface area (Å²) in [6.07, 6.45) is 3.55. The van der Waals surface area contributed by atoms with Crippen molar-refractivity contribution < 1.29 is 9.84 Å². The van der Waals surface area contributed by atoms with Gasteiger partial charge in [0.2, 0.25) is 0 Å². The second-order valence-electron chi connectivity index (χ2n) is 8.53. The topological polar surface area (TPSA) is 39.2 Å². The molecule has 0 radical (unpaired) electrons. The molecular weight excluding hydrogens is 350 g/mol. The first-order valence-corrected chi connectivity index (χ1v) is 11.2. The van der Waals surface area contributed by atoms with E-state index in [4.69, 9.17) is 4.74 Å². The second kappa shape index (κ2) is 11.1. The molecule has 1 aliphatic carbocycles. The normalized spacial score (nSPS) is 19.9. The number of ether oxygens (including phenoxy) is 1. The molecule has 0 spiro atoms. The molecule has 1 saturated heterocycles. The maximum absolute atomic E-state index is 10.4. The molecule has 2 aliphatic rings. The summed E-state index contributed by atoms with van der Waals surface area (Å²) in [4.78, 5) is 7.37. The van der Waals surface area contributed by atoms with Crippen LogP contribution in [0.5, 0.6) is 5.75 Å². The lowest BCUT2D eigenvalue weighted by molar-refractivity contribution is 0.0470. The zero-order valence-corrected chi connectivity index (χ0v) is 17.9. The minimum Gasteiger partial charge on any atom is -0.491 e. The van der Waals surface area contributed by atoms with E-state index in [1.54, 1.807) is 0 Å². The van der Waals surface area contributed by atoms with E-state index in [-0.39, 0.29) is 0 Å². The second-order valence-corrected chi connectivity index (χ2v) is 8.53. The van der Waals surface area contributed by atoms with E-state index >= 15 is 0 Å². The lowest BCUT2D eigenvalue weighted by Crippen LogP contribution is -2.49. The molecular formula is C23H39N3O2. The average molecular weight is 390 g/mol. The van der Waals surface area contributed by atoms with Crippen LogP contribution in [0.25, 0.3) is 0 Å². The maximum atomic E-state index is 10.4. The van der Waals surface area contributed by atoms with Crippen LogP contribution in [0, 0.1) is 5.92 Å². The van der Waals surface area contributed by atoms with Gasteiger partial charge in [-0.3, -0.25) is 9.80 Å². The van der Waals surface area contributed by atoms with Gasteiger partial charge in [-0.25, -0.2) is 0 Å². The molecule has 1 heterocycles. The first-order valence-electron chi connectivity index (χ1n) is 11.2. The number of nitrogens with zero attached hydrogens (tertiary/aromatic N) is 3. The maximum Gasteiger partial charge on any atom is 0.119 e. The number of likely N-dealkylation sites (N-methyl/N-ethyl adjacent to an activating group) is 1. The van der Waals surface area contributed by atoms with E-state index < -0.39 is 6.10 Å². The zero-order valence-electron chi connectivity index (χ0n) is 17.9. The Kier molecular flexibility index (Phi) is 8.59. The van der Waals surface area contributed by atoms with Gasteiger partial charge in [0.05, 0.1) is 0 Å². The van der Waals surface area contributed by atoms with Crippen LogP contribution in [0.15, 0.2) is 24.3 Å². The molecule has 1 N–H and O–H groups in total. The Morgan fingerprint density at radius 3 is 2.57 bits per heavy atom. The molecule has 28 heavy (non-hydrogen) atoms. The van der Waals surface area contributed by atoms with Gasteiger partial charge in [0.15, 0.2) is 0 Å². The summed E-state index contributed by atoms with van der Waals surface area (Å²) in [7, 11) is 0. The van der Waals surface area contributed by atoms with Crippen molar-refractivity contribution in [3.05, 3.63) is 29.8 Å². The molecule has 1 aromatic rings. The first kappa shape index (κ1) is 21.6. The number of benzene rings is 1. The van der Waals surface area contributed by atoms with Crippen LogP contribution in [0.1, 0.15) is 38.7 Å². The molecule has 3 rings (SSSR count). The van der Waals surface area contributed by atoms with Gasteiger partial charge in [0, 0.05) is 45.8 Å². The third kappa shape index (κ3) is 7.36. The minimum absolute atomic E-state index is 0.359. The quantitative estimate of drug-likeness (QED) is 0.595. The molecule has 0 aromatic heterocycles. The third-order valence-electron chi connectivity index (χ3n) is 5.88. The Morgan fingerprint density at radius 1 is 1.14 bits per heavy atom. The number of piperazine rings is 1. The van der Waals surface area contributed by atoms with Crippen molar-refractivity contribution in [3.63, 3.8) is 0 Å². The summed E-state index contributed by atoms with van der Waals surface area (Å²) >= 11 is 0. The largest absolute Gasteiger partial charge is 0.491 e. The van der Waals surface area contributed by atoms with Gasteiger partial charge in [-0.05, 0) is 56.0 Å². The summed E-state index contributed by atoms with van der Waals surface area (Å²) in [6.45, 7) is 14.3. The van der Waals surface area contributed by atoms with Gasteiger partial charge in [-0.2, -0.15) is 0 Å². The molecule has 0 bridgehead atoms. The highest BCUT2D eigenvalue weighted by atomic mass is 16.5. The minimum atomic E-state index is -0.441. The highest BCUT2D eigenvalue weighted by molar-refractivity contribution is 5.28. The first-order chi connectivity index (χ1) is 13.7. The predicted molar refractivity (Wildman–Crippen MR) is 115 cm³/mol. The molecule has 158 valence electrons. The summed E-state index contributed by atoms with van der Waals surface area (Å²) in [5.41, 5.74) is 1.30. The SMILES string of the molecule is CCCN(Cc1cccc(OC[C@@H](O)CN2CCN(CC)CC2)c1)CC1CC1. The van der Waals surface area contributed by atoms with E-state index in [1.165, 1.54) is 31.4 Å². The molecule has 1 atom stereocenters. The van der Waals surface area contributed by atoms with Gasteiger partial charge < -0.3 is 14.7 Å². The Balaban J connectivity index is 1.42. The predicted octanol–water partition coefficient (Wildman–Crippen LogP) is 2.69. The van der Waals surface area contributed by atoms with Crippen molar-refractivity contribution in [1.29, 1.82) is 0 Å². The van der Waals surface area contributed by atoms with Crippen LogP contribution in [-0.2, 0) is 6.54 Å². The highest BCUT2D eigenvalue weighted by Gasteiger charge is 2.24. The molecule has 1 aromatic carbocycles. The van der Waals surface area contributed by atoms with Crippen molar-refractivity contribution in [2.75, 3.05) is 59.0 Å². The highest BCUT2D eigenvalue weighted by Crippen LogP contribution is 2.30. The van der Waals surface area contributed by atoms with Crippen LogP contribution in [-0.4, -0.2) is 84.9 Å².